The Morgan fingerprint density at radius 3 is 2.69 bits per heavy atom. The predicted molar refractivity (Wildman–Crippen MR) is 142 cm³/mol. The molecule has 1 saturated carbocycles. The first-order chi connectivity index (χ1) is 17.3. The fraction of sp³-hybridized carbons (Fsp3) is 0.500. The van der Waals surface area contributed by atoms with Crippen molar-refractivity contribution in [3.63, 3.8) is 0 Å². The first-order valence-corrected chi connectivity index (χ1v) is 13.4. The van der Waals surface area contributed by atoms with Crippen molar-refractivity contribution in [2.75, 3.05) is 26.7 Å². The molecule has 5 heteroatoms. The minimum atomic E-state index is 0.237. The van der Waals surface area contributed by atoms with Crippen LogP contribution in [0.1, 0.15) is 80.0 Å². The smallest absolute Gasteiger partial charge is 0.119 e. The van der Waals surface area contributed by atoms with E-state index in [1.165, 1.54) is 67.0 Å². The van der Waals surface area contributed by atoms with Crippen molar-refractivity contribution >= 4 is 10.9 Å². The molecule has 1 aromatic heterocycles. The summed E-state index contributed by atoms with van der Waals surface area (Å²) in [4.78, 5) is 0. The van der Waals surface area contributed by atoms with Crippen LogP contribution in [-0.2, 0) is 0 Å². The molecule has 1 atom stereocenters. The monoisotopic (exact) mass is 470 g/mol. The molecule has 0 spiro atoms. The number of nitrogens with one attached hydrogen (secondary N) is 2. The van der Waals surface area contributed by atoms with Crippen molar-refractivity contribution < 1.29 is 4.74 Å². The molecule has 2 N–H and O–H groups in total. The van der Waals surface area contributed by atoms with Crippen LogP contribution in [0.2, 0.25) is 0 Å². The van der Waals surface area contributed by atoms with Crippen molar-refractivity contribution in [3.8, 4) is 11.8 Å². The summed E-state index contributed by atoms with van der Waals surface area (Å²) in [6.07, 6.45) is 12.2. The topological polar surface area (TPSA) is 62.0 Å². The zero-order valence-electron chi connectivity index (χ0n) is 20.9. The lowest BCUT2D eigenvalue weighted by molar-refractivity contribution is 0.360. The molecular formula is C30H38N4O. The van der Waals surface area contributed by atoms with Gasteiger partial charge in [0.1, 0.15) is 5.75 Å². The molecule has 2 heterocycles. The number of nitrogens with zero attached hydrogens (tertiary/aromatic N) is 2. The summed E-state index contributed by atoms with van der Waals surface area (Å²) in [6, 6.07) is 18.3. The SMILES string of the molecule is COc1cccc(C(CCNC2CCNCC2)c2cn(C3CCCCC3)c3ccc(C#N)cc23)c1. The quantitative estimate of drug-likeness (QED) is 0.431. The van der Waals surface area contributed by atoms with E-state index in [2.05, 4.69) is 57.8 Å². The number of aromatic nitrogens is 1. The third-order valence-corrected chi connectivity index (χ3v) is 8.04. The van der Waals surface area contributed by atoms with E-state index in [9.17, 15) is 5.26 Å². The number of ether oxygens (including phenoxy) is 1. The highest BCUT2D eigenvalue weighted by atomic mass is 16.5. The van der Waals surface area contributed by atoms with Gasteiger partial charge in [-0.25, -0.2) is 0 Å². The Kier molecular flexibility index (Phi) is 7.71. The lowest BCUT2D eigenvalue weighted by Gasteiger charge is -2.25. The maximum Gasteiger partial charge on any atom is 0.119 e. The Morgan fingerprint density at radius 1 is 1.09 bits per heavy atom. The van der Waals surface area contributed by atoms with Crippen molar-refractivity contribution in [2.45, 2.75) is 69.4 Å². The van der Waals surface area contributed by atoms with Gasteiger partial charge in [0.25, 0.3) is 0 Å². The fourth-order valence-corrected chi connectivity index (χ4v) is 6.11. The van der Waals surface area contributed by atoms with Crippen LogP contribution < -0.4 is 15.4 Å². The molecule has 1 aliphatic heterocycles. The van der Waals surface area contributed by atoms with Gasteiger partial charge in [0.15, 0.2) is 0 Å². The number of hydrogen-bond acceptors (Lipinski definition) is 4. The molecule has 35 heavy (non-hydrogen) atoms. The van der Waals surface area contributed by atoms with Crippen molar-refractivity contribution in [1.29, 1.82) is 5.26 Å². The summed E-state index contributed by atoms with van der Waals surface area (Å²) in [6.45, 7) is 3.17. The minimum Gasteiger partial charge on any atom is -0.497 e. The molecule has 2 fully saturated rings. The van der Waals surface area contributed by atoms with Crippen LogP contribution in [0.25, 0.3) is 10.9 Å². The molecule has 0 amide bonds. The van der Waals surface area contributed by atoms with Gasteiger partial charge in [0.05, 0.1) is 18.7 Å². The van der Waals surface area contributed by atoms with Gasteiger partial charge >= 0.3 is 0 Å². The van der Waals surface area contributed by atoms with Crippen molar-refractivity contribution in [1.82, 2.24) is 15.2 Å². The number of piperidine rings is 1. The molecule has 5 nitrogen and oxygen atoms in total. The molecule has 1 aliphatic carbocycles. The summed E-state index contributed by atoms with van der Waals surface area (Å²) in [5.41, 5.74) is 4.62. The predicted octanol–water partition coefficient (Wildman–Crippen LogP) is 5.89. The van der Waals surface area contributed by atoms with Gasteiger partial charge in [-0.05, 0) is 93.2 Å². The molecule has 0 bridgehead atoms. The lowest BCUT2D eigenvalue weighted by Crippen LogP contribution is -2.40. The maximum atomic E-state index is 9.66. The van der Waals surface area contributed by atoms with Crippen LogP contribution in [0, 0.1) is 11.3 Å². The van der Waals surface area contributed by atoms with E-state index in [1.54, 1.807) is 7.11 Å². The van der Waals surface area contributed by atoms with Crippen molar-refractivity contribution in [2.24, 2.45) is 0 Å². The van der Waals surface area contributed by atoms with Crippen molar-refractivity contribution in [3.05, 3.63) is 65.4 Å². The molecule has 3 aromatic rings. The van der Waals surface area contributed by atoms with Crippen LogP contribution in [0.5, 0.6) is 5.75 Å². The molecule has 5 rings (SSSR count). The molecule has 0 radical (unpaired) electrons. The number of methoxy groups -OCH3 is 1. The Labute approximate surface area is 209 Å². The van der Waals surface area contributed by atoms with Gasteiger partial charge in [-0.3, -0.25) is 0 Å². The van der Waals surface area contributed by atoms with Gasteiger partial charge in [-0.1, -0.05) is 31.4 Å². The Hall–Kier alpha value is -2.81. The summed E-state index contributed by atoms with van der Waals surface area (Å²) in [5, 5.41) is 18.2. The molecule has 184 valence electrons. The maximum absolute atomic E-state index is 9.66. The first kappa shape index (κ1) is 23.9. The van der Waals surface area contributed by atoms with Crippen LogP contribution in [-0.4, -0.2) is 37.4 Å². The highest BCUT2D eigenvalue weighted by molar-refractivity contribution is 5.86. The summed E-state index contributed by atoms with van der Waals surface area (Å²) < 4.78 is 8.12. The van der Waals surface area contributed by atoms with Gasteiger partial charge in [0, 0.05) is 35.1 Å². The van der Waals surface area contributed by atoms with Gasteiger partial charge in [0.2, 0.25) is 0 Å². The summed E-state index contributed by atoms with van der Waals surface area (Å²) >= 11 is 0. The molecule has 2 aromatic carbocycles. The van der Waals surface area contributed by atoms with E-state index in [0.717, 1.165) is 37.4 Å². The third-order valence-electron chi connectivity index (χ3n) is 8.04. The first-order valence-electron chi connectivity index (χ1n) is 13.4. The van der Waals surface area contributed by atoms with E-state index in [4.69, 9.17) is 4.74 Å². The third kappa shape index (κ3) is 5.39. The van der Waals surface area contributed by atoms with E-state index < -0.39 is 0 Å². The largest absolute Gasteiger partial charge is 0.497 e. The van der Waals surface area contributed by atoms with E-state index in [-0.39, 0.29) is 5.92 Å². The molecule has 1 saturated heterocycles. The van der Waals surface area contributed by atoms with Crippen LogP contribution in [0.15, 0.2) is 48.7 Å². The number of hydrogen-bond donors (Lipinski definition) is 2. The number of nitriles is 1. The number of rotatable bonds is 8. The standard InChI is InChI=1S/C30H38N4O/c1-35-26-9-5-6-23(19-26)27(14-17-33-24-12-15-32-16-13-24)29-21-34(25-7-3-2-4-8-25)30-11-10-22(20-31)18-28(29)30/h5-6,9-11,18-19,21,24-25,27,32-33H,2-4,7-8,12-17H2,1H3. The Bertz CT molecular complexity index is 1160. The lowest BCUT2D eigenvalue weighted by atomic mass is 9.87. The molecular weight excluding hydrogens is 432 g/mol. The Balaban J connectivity index is 1.53. The number of benzene rings is 2. The summed E-state index contributed by atoms with van der Waals surface area (Å²) in [7, 11) is 1.74. The highest BCUT2D eigenvalue weighted by Crippen LogP contribution is 2.39. The van der Waals surface area contributed by atoms with E-state index in [0.29, 0.717) is 12.1 Å². The number of fused-ring (bicyclic) bond motifs is 1. The summed E-state index contributed by atoms with van der Waals surface area (Å²) in [5.74, 6) is 1.13. The zero-order valence-corrected chi connectivity index (χ0v) is 20.9. The minimum absolute atomic E-state index is 0.237. The average molecular weight is 471 g/mol. The van der Waals surface area contributed by atoms with Gasteiger partial charge in [-0.15, -0.1) is 0 Å². The second-order valence-electron chi connectivity index (χ2n) is 10.2. The fourth-order valence-electron chi connectivity index (χ4n) is 6.11. The van der Waals surface area contributed by atoms with E-state index >= 15 is 0 Å². The van der Waals surface area contributed by atoms with Crippen LogP contribution in [0.3, 0.4) is 0 Å². The van der Waals surface area contributed by atoms with Gasteiger partial charge in [-0.2, -0.15) is 5.26 Å². The average Bonchev–Trinajstić information content (AvgIpc) is 3.30. The van der Waals surface area contributed by atoms with E-state index in [1.807, 2.05) is 12.1 Å². The highest BCUT2D eigenvalue weighted by Gasteiger charge is 2.25. The van der Waals surface area contributed by atoms with Crippen LogP contribution >= 0.6 is 0 Å². The zero-order chi connectivity index (χ0) is 24.0. The molecule has 1 unspecified atom stereocenters. The second-order valence-corrected chi connectivity index (χ2v) is 10.2. The molecule has 2 aliphatic rings. The van der Waals surface area contributed by atoms with Gasteiger partial charge < -0.3 is 19.9 Å². The Morgan fingerprint density at radius 2 is 1.91 bits per heavy atom. The second kappa shape index (κ2) is 11.3. The normalized spacial score (nSPS) is 18.4. The van der Waals surface area contributed by atoms with Crippen LogP contribution in [0.4, 0.5) is 0 Å².